The summed E-state index contributed by atoms with van der Waals surface area (Å²) in [6.45, 7) is 7.29. The second kappa shape index (κ2) is 11.8. The number of unbranched alkanes of at least 4 members (excludes halogenated alkanes) is 1. The highest BCUT2D eigenvalue weighted by atomic mass is 16.5. The van der Waals surface area contributed by atoms with E-state index in [0.717, 1.165) is 35.5 Å². The van der Waals surface area contributed by atoms with Crippen LogP contribution in [-0.4, -0.2) is 81.1 Å². The van der Waals surface area contributed by atoms with Crippen molar-refractivity contribution < 1.29 is 14.3 Å². The van der Waals surface area contributed by atoms with E-state index in [1.165, 1.54) is 0 Å². The molecule has 198 valence electrons. The van der Waals surface area contributed by atoms with E-state index in [0.29, 0.717) is 44.9 Å². The van der Waals surface area contributed by atoms with Gasteiger partial charge in [-0.25, -0.2) is 14.5 Å². The average Bonchev–Trinajstić information content (AvgIpc) is 3.30. The van der Waals surface area contributed by atoms with Gasteiger partial charge in [0.15, 0.2) is 11.5 Å². The van der Waals surface area contributed by atoms with Gasteiger partial charge in [0.2, 0.25) is 11.8 Å². The molecule has 4 heterocycles. The lowest BCUT2D eigenvalue weighted by Crippen LogP contribution is -2.49. The first-order valence-corrected chi connectivity index (χ1v) is 12.7. The van der Waals surface area contributed by atoms with Crippen molar-refractivity contribution in [1.82, 2.24) is 34.8 Å². The summed E-state index contributed by atoms with van der Waals surface area (Å²) in [7, 11) is 1.58. The molecule has 12 nitrogen and oxygen atoms in total. The third-order valence-electron chi connectivity index (χ3n) is 6.44. The lowest BCUT2D eigenvalue weighted by molar-refractivity contribution is -0.133. The second-order valence-electron chi connectivity index (χ2n) is 9.17. The zero-order chi connectivity index (χ0) is 26.4. The van der Waals surface area contributed by atoms with E-state index in [9.17, 15) is 9.59 Å². The number of rotatable bonds is 10. The van der Waals surface area contributed by atoms with Gasteiger partial charge in [0.1, 0.15) is 5.82 Å². The first kappa shape index (κ1) is 26.1. The lowest BCUT2D eigenvalue weighted by Gasteiger charge is -2.36. The number of imidazole rings is 1. The number of amides is 2. The molecule has 0 aliphatic carbocycles. The Kier molecular flexibility index (Phi) is 8.36. The van der Waals surface area contributed by atoms with Crippen LogP contribution < -0.4 is 20.7 Å². The van der Waals surface area contributed by atoms with Crippen LogP contribution in [0, 0.1) is 6.92 Å². The van der Waals surface area contributed by atoms with E-state index < -0.39 is 0 Å². The van der Waals surface area contributed by atoms with E-state index in [1.54, 1.807) is 17.8 Å². The van der Waals surface area contributed by atoms with Gasteiger partial charge in [-0.1, -0.05) is 19.4 Å². The molecule has 0 unspecified atom stereocenters. The fourth-order valence-electron chi connectivity index (χ4n) is 4.35. The minimum Gasteiger partial charge on any atom is -0.462 e. The Labute approximate surface area is 216 Å². The molecule has 12 heteroatoms. The summed E-state index contributed by atoms with van der Waals surface area (Å²) in [5, 5.41) is 7.03. The number of nitrogen functional groups attached to an aromatic ring is 1. The summed E-state index contributed by atoms with van der Waals surface area (Å²) in [4.78, 5) is 41.2. The van der Waals surface area contributed by atoms with Crippen LogP contribution in [0.4, 0.5) is 11.6 Å². The van der Waals surface area contributed by atoms with Gasteiger partial charge in [0.25, 0.3) is 0 Å². The van der Waals surface area contributed by atoms with E-state index in [4.69, 9.17) is 15.5 Å². The molecule has 37 heavy (non-hydrogen) atoms. The molecule has 1 saturated heterocycles. The number of carbonyl (C=O) groups is 2. The van der Waals surface area contributed by atoms with Crippen LogP contribution in [0.15, 0.2) is 18.5 Å². The van der Waals surface area contributed by atoms with Crippen LogP contribution in [-0.2, 0) is 16.0 Å². The molecule has 0 saturated carbocycles. The van der Waals surface area contributed by atoms with Gasteiger partial charge in [0.05, 0.1) is 18.5 Å². The first-order chi connectivity index (χ1) is 17.9. The third-order valence-corrected chi connectivity index (χ3v) is 6.44. The van der Waals surface area contributed by atoms with Crippen molar-refractivity contribution in [1.29, 1.82) is 0 Å². The molecule has 3 aromatic rings. The normalized spacial score (nSPS) is 13.7. The maximum Gasteiger partial charge on any atom is 0.336 e. The van der Waals surface area contributed by atoms with Crippen molar-refractivity contribution in [2.24, 2.45) is 0 Å². The van der Waals surface area contributed by atoms with Crippen LogP contribution in [0.5, 0.6) is 6.01 Å². The van der Waals surface area contributed by atoms with Gasteiger partial charge < -0.3 is 25.6 Å². The number of piperazine rings is 1. The van der Waals surface area contributed by atoms with E-state index in [2.05, 4.69) is 38.3 Å². The quantitative estimate of drug-likeness (QED) is 0.387. The number of anilines is 2. The minimum absolute atomic E-state index is 0.0136. The van der Waals surface area contributed by atoms with Crippen molar-refractivity contribution >= 4 is 29.1 Å². The number of carbonyl (C=O) groups excluding carboxylic acids is 2. The third kappa shape index (κ3) is 6.25. The number of hydrogen-bond donors (Lipinski definition) is 2. The number of aryl methyl sites for hydroxylation is 1. The molecule has 4 rings (SSSR count). The van der Waals surface area contributed by atoms with Crippen molar-refractivity contribution in [3.63, 3.8) is 0 Å². The van der Waals surface area contributed by atoms with Crippen LogP contribution >= 0.6 is 0 Å². The van der Waals surface area contributed by atoms with Gasteiger partial charge >= 0.3 is 6.01 Å². The Balaban J connectivity index is 1.40. The van der Waals surface area contributed by atoms with Crippen LogP contribution in [0.3, 0.4) is 0 Å². The molecular formula is C25H35N9O3. The molecule has 2 amide bonds. The topological polar surface area (TPSA) is 144 Å². The molecular weight excluding hydrogens is 474 g/mol. The van der Waals surface area contributed by atoms with Crippen molar-refractivity contribution in [2.75, 3.05) is 50.5 Å². The molecule has 3 aromatic heterocycles. The Bertz CT molecular complexity index is 1250. The summed E-state index contributed by atoms with van der Waals surface area (Å²) in [6, 6.07) is 2.36. The SMILES string of the molecule is CCCCOc1nc(N)c2ncc(Cc3cnc(N4CCN(C(=O)CCC(=O)NC)CC4)c(C)c3)n2n1. The zero-order valence-corrected chi connectivity index (χ0v) is 21.7. The number of nitrogens with two attached hydrogens (primary N) is 1. The molecule has 3 N–H and O–H groups in total. The predicted octanol–water partition coefficient (Wildman–Crippen LogP) is 1.35. The largest absolute Gasteiger partial charge is 0.462 e. The Morgan fingerprint density at radius 3 is 2.62 bits per heavy atom. The highest BCUT2D eigenvalue weighted by molar-refractivity contribution is 5.83. The molecule has 0 radical (unpaired) electrons. The number of fused-ring (bicyclic) bond motifs is 1. The van der Waals surface area contributed by atoms with Gasteiger partial charge in [0, 0.05) is 58.7 Å². The maximum absolute atomic E-state index is 12.4. The molecule has 0 aromatic carbocycles. The number of pyridine rings is 1. The highest BCUT2D eigenvalue weighted by Crippen LogP contribution is 2.22. The molecule has 1 fully saturated rings. The number of hydrogen-bond acceptors (Lipinski definition) is 9. The van der Waals surface area contributed by atoms with Gasteiger partial charge in [-0.2, -0.15) is 4.98 Å². The fraction of sp³-hybridized carbons (Fsp3) is 0.520. The average molecular weight is 510 g/mol. The minimum atomic E-state index is -0.118. The maximum atomic E-state index is 12.4. The summed E-state index contributed by atoms with van der Waals surface area (Å²) >= 11 is 0. The van der Waals surface area contributed by atoms with E-state index in [1.807, 2.05) is 18.0 Å². The van der Waals surface area contributed by atoms with Crippen LogP contribution in [0.2, 0.25) is 0 Å². The van der Waals surface area contributed by atoms with Crippen molar-refractivity contribution in [3.8, 4) is 6.01 Å². The van der Waals surface area contributed by atoms with Crippen molar-refractivity contribution in [3.05, 3.63) is 35.3 Å². The van der Waals surface area contributed by atoms with Crippen LogP contribution in [0.25, 0.3) is 5.65 Å². The number of aromatic nitrogens is 5. The number of nitrogens with one attached hydrogen (secondary N) is 1. The van der Waals surface area contributed by atoms with Gasteiger partial charge in [-0.3, -0.25) is 9.59 Å². The molecule has 1 aliphatic rings. The Morgan fingerprint density at radius 1 is 1.14 bits per heavy atom. The zero-order valence-electron chi connectivity index (χ0n) is 21.7. The second-order valence-corrected chi connectivity index (χ2v) is 9.17. The van der Waals surface area contributed by atoms with Gasteiger partial charge in [-0.05, 0) is 24.5 Å². The summed E-state index contributed by atoms with van der Waals surface area (Å²) in [5.74, 6) is 1.09. The molecule has 1 aliphatic heterocycles. The monoisotopic (exact) mass is 509 g/mol. The fourth-order valence-corrected chi connectivity index (χ4v) is 4.35. The number of ether oxygens (including phenoxy) is 1. The molecule has 0 bridgehead atoms. The molecule has 0 atom stereocenters. The standard InChI is InChI=1S/C25H35N9O3/c1-4-5-12-37-25-30-22(26)24-29-16-19(34(24)31-25)14-18-13-17(2)23(28-15-18)33-10-8-32(9-11-33)21(36)7-6-20(35)27-3/h13,15-16H,4-12,14H2,1-3H3,(H,27,35)(H2,26,30,31). The molecule has 0 spiro atoms. The number of nitrogens with zero attached hydrogens (tertiary/aromatic N) is 7. The highest BCUT2D eigenvalue weighted by Gasteiger charge is 2.23. The van der Waals surface area contributed by atoms with Crippen LogP contribution in [0.1, 0.15) is 49.4 Å². The Hall–Kier alpha value is -3.96. The Morgan fingerprint density at radius 2 is 1.92 bits per heavy atom. The first-order valence-electron chi connectivity index (χ1n) is 12.7. The lowest BCUT2D eigenvalue weighted by atomic mass is 10.1. The summed E-state index contributed by atoms with van der Waals surface area (Å²) < 4.78 is 7.34. The van der Waals surface area contributed by atoms with Crippen molar-refractivity contribution in [2.45, 2.75) is 46.0 Å². The predicted molar refractivity (Wildman–Crippen MR) is 139 cm³/mol. The summed E-state index contributed by atoms with van der Waals surface area (Å²) in [5.41, 5.74) is 9.53. The smallest absolute Gasteiger partial charge is 0.336 e. The summed E-state index contributed by atoms with van der Waals surface area (Å²) in [6.07, 6.45) is 6.58. The van der Waals surface area contributed by atoms with Gasteiger partial charge in [-0.15, -0.1) is 5.10 Å². The van der Waals surface area contributed by atoms with E-state index in [-0.39, 0.29) is 36.5 Å². The van der Waals surface area contributed by atoms with E-state index >= 15 is 0 Å².